The van der Waals surface area contributed by atoms with Gasteiger partial charge in [0, 0.05) is 21.7 Å². The minimum Gasteiger partial charge on any atom is -0.457 e. The Labute approximate surface area is 198 Å². The van der Waals surface area contributed by atoms with E-state index in [4.69, 9.17) is 27.6 Å². The number of halogens is 2. The predicted molar refractivity (Wildman–Crippen MR) is 130 cm³/mol. The lowest BCUT2D eigenvalue weighted by Crippen LogP contribution is -2.27. The van der Waals surface area contributed by atoms with Crippen LogP contribution < -0.4 is 0 Å². The summed E-state index contributed by atoms with van der Waals surface area (Å²) >= 11 is 13.0. The van der Waals surface area contributed by atoms with Crippen molar-refractivity contribution >= 4 is 63.0 Å². The SMILES string of the molecule is O=C1S/C(=C\c2ccc(-c3cc(Cl)cc(Cl)c3)o2)C(=O)N1Cc1cccc2ccccc12. The highest BCUT2D eigenvalue weighted by Crippen LogP contribution is 2.35. The van der Waals surface area contributed by atoms with Crippen LogP contribution in [0.5, 0.6) is 0 Å². The van der Waals surface area contributed by atoms with E-state index < -0.39 is 0 Å². The second-order valence-electron chi connectivity index (χ2n) is 7.27. The van der Waals surface area contributed by atoms with Gasteiger partial charge in [0.2, 0.25) is 0 Å². The van der Waals surface area contributed by atoms with E-state index in [-0.39, 0.29) is 17.7 Å². The lowest BCUT2D eigenvalue weighted by atomic mass is 10.0. The van der Waals surface area contributed by atoms with Crippen molar-refractivity contribution in [3.8, 4) is 11.3 Å². The van der Waals surface area contributed by atoms with Gasteiger partial charge < -0.3 is 4.42 Å². The topological polar surface area (TPSA) is 50.5 Å². The van der Waals surface area contributed by atoms with E-state index in [0.29, 0.717) is 26.5 Å². The standard InChI is InChI=1S/C25H15Cl2NO3S/c26-18-10-17(11-19(27)12-18)22-9-8-20(31-22)13-23-24(29)28(25(30)32-23)14-16-6-3-5-15-4-1-2-7-21(15)16/h1-13H,14H2/b23-13-. The van der Waals surface area contributed by atoms with Crippen LogP contribution in [0.25, 0.3) is 28.2 Å². The summed E-state index contributed by atoms with van der Waals surface area (Å²) < 4.78 is 5.85. The Morgan fingerprint density at radius 1 is 0.906 bits per heavy atom. The van der Waals surface area contributed by atoms with Crippen molar-refractivity contribution in [3.63, 3.8) is 0 Å². The first-order valence-corrected chi connectivity index (χ1v) is 11.3. The Morgan fingerprint density at radius 3 is 2.47 bits per heavy atom. The van der Waals surface area contributed by atoms with Gasteiger partial charge in [-0.25, -0.2) is 0 Å². The van der Waals surface area contributed by atoms with Gasteiger partial charge >= 0.3 is 0 Å². The summed E-state index contributed by atoms with van der Waals surface area (Å²) in [7, 11) is 0. The summed E-state index contributed by atoms with van der Waals surface area (Å²) in [6.07, 6.45) is 1.59. The van der Waals surface area contributed by atoms with Crippen LogP contribution in [0.3, 0.4) is 0 Å². The lowest BCUT2D eigenvalue weighted by Gasteiger charge is -2.14. The Morgan fingerprint density at radius 2 is 1.66 bits per heavy atom. The molecular weight excluding hydrogens is 465 g/mol. The maximum atomic E-state index is 13.0. The van der Waals surface area contributed by atoms with Crippen LogP contribution in [0, 0.1) is 0 Å². The van der Waals surface area contributed by atoms with E-state index >= 15 is 0 Å². The molecule has 4 aromatic rings. The highest BCUT2D eigenvalue weighted by Gasteiger charge is 2.35. The van der Waals surface area contributed by atoms with Crippen LogP contribution in [0.2, 0.25) is 10.0 Å². The van der Waals surface area contributed by atoms with Crippen molar-refractivity contribution in [2.75, 3.05) is 0 Å². The van der Waals surface area contributed by atoms with Gasteiger partial charge in [0.1, 0.15) is 11.5 Å². The maximum Gasteiger partial charge on any atom is 0.293 e. The quantitative estimate of drug-likeness (QED) is 0.282. The third-order valence-corrected chi connectivity index (χ3v) is 6.47. The van der Waals surface area contributed by atoms with E-state index in [9.17, 15) is 9.59 Å². The van der Waals surface area contributed by atoms with Crippen LogP contribution in [-0.2, 0) is 11.3 Å². The fourth-order valence-electron chi connectivity index (χ4n) is 3.65. The third-order valence-electron chi connectivity index (χ3n) is 5.13. The highest BCUT2D eigenvalue weighted by atomic mass is 35.5. The molecule has 0 aliphatic carbocycles. The Kier molecular flexibility index (Phi) is 5.55. The number of nitrogens with zero attached hydrogens (tertiary/aromatic N) is 1. The molecule has 2 heterocycles. The largest absolute Gasteiger partial charge is 0.457 e. The molecule has 1 fully saturated rings. The number of fused-ring (bicyclic) bond motifs is 1. The maximum absolute atomic E-state index is 13.0. The van der Waals surface area contributed by atoms with Crippen molar-refractivity contribution in [3.05, 3.63) is 99.1 Å². The van der Waals surface area contributed by atoms with Crippen LogP contribution >= 0.6 is 35.0 Å². The number of rotatable bonds is 4. The van der Waals surface area contributed by atoms with Crippen molar-refractivity contribution in [1.82, 2.24) is 4.90 Å². The number of carbonyl (C=O) groups excluding carboxylic acids is 2. The first-order chi connectivity index (χ1) is 15.5. The Bertz CT molecular complexity index is 1380. The molecule has 0 bridgehead atoms. The first kappa shape index (κ1) is 20.9. The molecule has 4 nitrogen and oxygen atoms in total. The van der Waals surface area contributed by atoms with Crippen molar-refractivity contribution < 1.29 is 14.0 Å². The molecule has 1 aliphatic heterocycles. The molecule has 0 N–H and O–H groups in total. The smallest absolute Gasteiger partial charge is 0.293 e. The van der Waals surface area contributed by atoms with Gasteiger partial charge in [-0.3, -0.25) is 14.5 Å². The van der Waals surface area contributed by atoms with Gasteiger partial charge in [0.25, 0.3) is 11.1 Å². The normalized spacial score (nSPS) is 15.3. The molecule has 3 aromatic carbocycles. The van der Waals surface area contributed by atoms with E-state index in [0.717, 1.165) is 33.7 Å². The summed E-state index contributed by atoms with van der Waals surface area (Å²) in [5.74, 6) is 0.694. The predicted octanol–water partition coefficient (Wildman–Crippen LogP) is 7.64. The number of amides is 2. The van der Waals surface area contributed by atoms with Gasteiger partial charge in [0.05, 0.1) is 11.4 Å². The molecular formula is C25H15Cl2NO3S. The molecule has 0 saturated carbocycles. The fourth-order valence-corrected chi connectivity index (χ4v) is 4.99. The third kappa shape index (κ3) is 4.07. The summed E-state index contributed by atoms with van der Waals surface area (Å²) in [5.41, 5.74) is 1.65. The molecule has 0 spiro atoms. The van der Waals surface area contributed by atoms with Gasteiger partial charge in [-0.2, -0.15) is 0 Å². The van der Waals surface area contributed by atoms with E-state index in [2.05, 4.69) is 0 Å². The summed E-state index contributed by atoms with van der Waals surface area (Å²) in [5, 5.41) is 2.79. The Balaban J connectivity index is 1.40. The van der Waals surface area contributed by atoms with Crippen LogP contribution in [0.15, 0.2) is 82.1 Å². The van der Waals surface area contributed by atoms with E-state index in [1.807, 2.05) is 42.5 Å². The number of imide groups is 1. The average Bonchev–Trinajstić information content (AvgIpc) is 3.34. The molecule has 0 radical (unpaired) electrons. The van der Waals surface area contributed by atoms with Crippen molar-refractivity contribution in [2.24, 2.45) is 0 Å². The summed E-state index contributed by atoms with van der Waals surface area (Å²) in [6, 6.07) is 22.4. The van der Waals surface area contributed by atoms with Crippen molar-refractivity contribution in [1.29, 1.82) is 0 Å². The zero-order valence-electron chi connectivity index (χ0n) is 16.5. The number of furan rings is 1. The number of thioether (sulfide) groups is 1. The molecule has 1 aromatic heterocycles. The molecule has 2 amide bonds. The first-order valence-electron chi connectivity index (χ1n) is 9.76. The Hall–Kier alpha value is -2.99. The molecule has 1 aliphatic rings. The summed E-state index contributed by atoms with van der Waals surface area (Å²) in [6.45, 7) is 0.216. The zero-order chi connectivity index (χ0) is 22.2. The highest BCUT2D eigenvalue weighted by molar-refractivity contribution is 8.18. The van der Waals surface area contributed by atoms with Gasteiger partial charge in [0.15, 0.2) is 0 Å². The molecule has 0 unspecified atom stereocenters. The van der Waals surface area contributed by atoms with E-state index in [1.165, 1.54) is 4.90 Å². The average molecular weight is 480 g/mol. The molecule has 1 saturated heterocycles. The summed E-state index contributed by atoms with van der Waals surface area (Å²) in [4.78, 5) is 27.1. The number of benzene rings is 3. The zero-order valence-corrected chi connectivity index (χ0v) is 18.9. The lowest BCUT2D eigenvalue weighted by molar-refractivity contribution is -0.123. The second-order valence-corrected chi connectivity index (χ2v) is 9.13. The van der Waals surface area contributed by atoms with Crippen LogP contribution in [0.4, 0.5) is 4.79 Å². The number of carbonyl (C=O) groups is 2. The van der Waals surface area contributed by atoms with Crippen LogP contribution in [0.1, 0.15) is 11.3 Å². The van der Waals surface area contributed by atoms with Crippen molar-refractivity contribution in [2.45, 2.75) is 6.54 Å². The second kappa shape index (κ2) is 8.51. The molecule has 32 heavy (non-hydrogen) atoms. The molecule has 158 valence electrons. The van der Waals surface area contributed by atoms with E-state index in [1.54, 1.807) is 36.4 Å². The number of hydrogen-bond donors (Lipinski definition) is 0. The molecule has 7 heteroatoms. The minimum atomic E-state index is -0.336. The molecule has 0 atom stereocenters. The molecule has 5 rings (SSSR count). The van der Waals surface area contributed by atoms with Gasteiger partial charge in [-0.05, 0) is 58.4 Å². The fraction of sp³-hybridized carbons (Fsp3) is 0.0400. The van der Waals surface area contributed by atoms with Gasteiger partial charge in [-0.1, -0.05) is 65.7 Å². The minimum absolute atomic E-state index is 0.216. The van der Waals surface area contributed by atoms with Gasteiger partial charge in [-0.15, -0.1) is 0 Å². The monoisotopic (exact) mass is 479 g/mol. The van der Waals surface area contributed by atoms with Crippen LogP contribution in [-0.4, -0.2) is 16.0 Å². The number of hydrogen-bond acceptors (Lipinski definition) is 4.